The van der Waals surface area contributed by atoms with Crippen LogP contribution in [-0.4, -0.2) is 30.2 Å². The second kappa shape index (κ2) is 7.52. The molecule has 0 spiro atoms. The van der Waals surface area contributed by atoms with Crippen LogP contribution < -0.4 is 11.1 Å². The highest BCUT2D eigenvalue weighted by Gasteiger charge is 2.31. The van der Waals surface area contributed by atoms with E-state index < -0.39 is 5.92 Å². The van der Waals surface area contributed by atoms with Crippen molar-refractivity contribution in [2.24, 2.45) is 11.7 Å². The monoisotopic (exact) mass is 306 g/mol. The summed E-state index contributed by atoms with van der Waals surface area (Å²) in [6, 6.07) is 9.86. The Bertz CT molecular complexity index is 492. The zero-order valence-corrected chi connectivity index (χ0v) is 13.1. The molecule has 1 fully saturated rings. The first kappa shape index (κ1) is 15.9. The number of ether oxygens (including phenoxy) is 1. The van der Waals surface area contributed by atoms with Crippen molar-refractivity contribution >= 4 is 23.1 Å². The summed E-state index contributed by atoms with van der Waals surface area (Å²) in [6.45, 7) is 0. The van der Waals surface area contributed by atoms with Gasteiger partial charge in [-0.1, -0.05) is 42.5 Å². The summed E-state index contributed by atoms with van der Waals surface area (Å²) < 4.78 is 5.40. The summed E-state index contributed by atoms with van der Waals surface area (Å²) in [5, 5.41) is 3.05. The minimum atomic E-state index is -0.472. The molecule has 0 aromatic heterocycles. The van der Waals surface area contributed by atoms with Crippen LogP contribution in [-0.2, 0) is 16.0 Å². The van der Waals surface area contributed by atoms with E-state index in [9.17, 15) is 4.79 Å². The molecule has 3 atom stereocenters. The molecule has 1 aliphatic rings. The number of rotatable bonds is 6. The van der Waals surface area contributed by atoms with E-state index >= 15 is 0 Å². The lowest BCUT2D eigenvalue weighted by Crippen LogP contribution is -2.47. The molecule has 0 radical (unpaired) electrons. The largest absolute Gasteiger partial charge is 0.393 e. The summed E-state index contributed by atoms with van der Waals surface area (Å²) >= 11 is 5.08. The number of nitrogens with two attached hydrogens (primary N) is 1. The van der Waals surface area contributed by atoms with Crippen molar-refractivity contribution in [2.75, 3.05) is 7.11 Å². The molecular weight excluding hydrogens is 284 g/mol. The van der Waals surface area contributed by atoms with Crippen molar-refractivity contribution in [1.29, 1.82) is 0 Å². The number of methoxy groups -OCH3 is 1. The van der Waals surface area contributed by atoms with Crippen molar-refractivity contribution in [3.8, 4) is 0 Å². The molecule has 1 aromatic carbocycles. The van der Waals surface area contributed by atoms with Crippen LogP contribution >= 0.6 is 12.2 Å². The summed E-state index contributed by atoms with van der Waals surface area (Å²) in [5.74, 6) is -0.569. The second-order valence-corrected chi connectivity index (χ2v) is 5.94. The van der Waals surface area contributed by atoms with Crippen molar-refractivity contribution in [3.05, 3.63) is 35.9 Å². The Morgan fingerprint density at radius 2 is 2.14 bits per heavy atom. The van der Waals surface area contributed by atoms with Gasteiger partial charge in [0.2, 0.25) is 5.91 Å². The Hall–Kier alpha value is -1.46. The molecule has 1 aliphatic carbocycles. The van der Waals surface area contributed by atoms with Crippen LogP contribution in [0.25, 0.3) is 0 Å². The van der Waals surface area contributed by atoms with Crippen molar-refractivity contribution < 1.29 is 9.53 Å². The van der Waals surface area contributed by atoms with Gasteiger partial charge in [-0.25, -0.2) is 0 Å². The van der Waals surface area contributed by atoms with Gasteiger partial charge in [0, 0.05) is 7.11 Å². The number of hydrogen-bond donors (Lipinski definition) is 2. The molecule has 4 nitrogen and oxygen atoms in total. The van der Waals surface area contributed by atoms with Gasteiger partial charge in [0.1, 0.15) is 0 Å². The molecule has 1 amide bonds. The minimum Gasteiger partial charge on any atom is -0.393 e. The van der Waals surface area contributed by atoms with E-state index in [1.54, 1.807) is 7.11 Å². The minimum absolute atomic E-state index is 0.0649. The Morgan fingerprint density at radius 3 is 2.76 bits per heavy atom. The normalized spacial score (nSPS) is 22.7. The Morgan fingerprint density at radius 1 is 1.43 bits per heavy atom. The number of hydrogen-bond acceptors (Lipinski definition) is 3. The molecular formula is C16H22N2O2S. The number of nitrogens with one attached hydrogen (secondary N) is 1. The summed E-state index contributed by atoms with van der Waals surface area (Å²) in [4.78, 5) is 12.7. The molecule has 0 aliphatic heterocycles. The molecule has 114 valence electrons. The van der Waals surface area contributed by atoms with E-state index in [4.69, 9.17) is 22.7 Å². The van der Waals surface area contributed by atoms with Crippen LogP contribution in [0.1, 0.15) is 24.8 Å². The molecule has 0 saturated heterocycles. The van der Waals surface area contributed by atoms with Gasteiger partial charge in [-0.15, -0.1) is 0 Å². The summed E-state index contributed by atoms with van der Waals surface area (Å²) in [5.41, 5.74) is 6.82. The number of benzene rings is 1. The zero-order chi connectivity index (χ0) is 15.2. The van der Waals surface area contributed by atoms with E-state index in [1.165, 1.54) is 0 Å². The average Bonchev–Trinajstić information content (AvgIpc) is 2.92. The third kappa shape index (κ3) is 4.25. The highest BCUT2D eigenvalue weighted by Crippen LogP contribution is 2.22. The van der Waals surface area contributed by atoms with Crippen LogP contribution in [0, 0.1) is 5.92 Å². The topological polar surface area (TPSA) is 64.3 Å². The van der Waals surface area contributed by atoms with Crippen LogP contribution in [0.2, 0.25) is 0 Å². The van der Waals surface area contributed by atoms with Crippen molar-refractivity contribution in [1.82, 2.24) is 5.32 Å². The van der Waals surface area contributed by atoms with Gasteiger partial charge in [-0.3, -0.25) is 4.79 Å². The number of amides is 1. The molecule has 21 heavy (non-hydrogen) atoms. The first-order chi connectivity index (χ1) is 10.1. The third-order valence-corrected chi connectivity index (χ3v) is 4.31. The molecule has 2 rings (SSSR count). The van der Waals surface area contributed by atoms with Gasteiger partial charge >= 0.3 is 0 Å². The average molecular weight is 306 g/mol. The number of carbonyl (C=O) groups excluding carboxylic acids is 1. The highest BCUT2D eigenvalue weighted by atomic mass is 32.1. The quantitative estimate of drug-likeness (QED) is 0.787. The van der Waals surface area contributed by atoms with E-state index in [2.05, 4.69) is 5.32 Å². The smallest absolute Gasteiger partial charge is 0.230 e. The molecule has 5 heteroatoms. The maximum Gasteiger partial charge on any atom is 0.230 e. The Balaban J connectivity index is 2.01. The molecule has 0 bridgehead atoms. The van der Waals surface area contributed by atoms with Gasteiger partial charge in [-0.05, 0) is 31.2 Å². The van der Waals surface area contributed by atoms with Crippen molar-refractivity contribution in [3.63, 3.8) is 0 Å². The maximum atomic E-state index is 12.5. The third-order valence-electron chi connectivity index (χ3n) is 4.03. The standard InChI is InChI=1S/C16H22N2O2S/c1-20-14-9-5-8-13(14)18-16(19)12(15(17)21)10-11-6-3-2-4-7-11/h2-4,6-7,12-14H,5,8-10H2,1H3,(H2,17,21)(H,18,19). The van der Waals surface area contributed by atoms with Gasteiger partial charge in [-0.2, -0.15) is 0 Å². The molecule has 3 N–H and O–H groups in total. The molecule has 0 heterocycles. The van der Waals surface area contributed by atoms with Gasteiger partial charge < -0.3 is 15.8 Å². The lowest BCUT2D eigenvalue weighted by atomic mass is 9.98. The molecule has 1 saturated carbocycles. The lowest BCUT2D eigenvalue weighted by molar-refractivity contribution is -0.124. The number of thiocarbonyl (C=S) groups is 1. The zero-order valence-electron chi connectivity index (χ0n) is 12.2. The fourth-order valence-corrected chi connectivity index (χ4v) is 3.02. The van der Waals surface area contributed by atoms with Gasteiger partial charge in [0.15, 0.2) is 0 Å². The Labute approximate surface area is 131 Å². The van der Waals surface area contributed by atoms with Crippen LogP contribution in [0.3, 0.4) is 0 Å². The van der Waals surface area contributed by atoms with Crippen LogP contribution in [0.15, 0.2) is 30.3 Å². The molecule has 3 unspecified atom stereocenters. The first-order valence-electron chi connectivity index (χ1n) is 7.28. The van der Waals surface area contributed by atoms with Gasteiger partial charge in [0.05, 0.1) is 23.1 Å². The maximum absolute atomic E-state index is 12.5. The van der Waals surface area contributed by atoms with Crippen LogP contribution in [0.4, 0.5) is 0 Å². The lowest BCUT2D eigenvalue weighted by Gasteiger charge is -2.23. The first-order valence-corrected chi connectivity index (χ1v) is 7.69. The summed E-state index contributed by atoms with van der Waals surface area (Å²) in [6.07, 6.45) is 3.63. The van der Waals surface area contributed by atoms with Crippen LogP contribution in [0.5, 0.6) is 0 Å². The van der Waals surface area contributed by atoms with E-state index in [1.807, 2.05) is 30.3 Å². The highest BCUT2D eigenvalue weighted by molar-refractivity contribution is 7.80. The van der Waals surface area contributed by atoms with Gasteiger partial charge in [0.25, 0.3) is 0 Å². The summed E-state index contributed by atoms with van der Waals surface area (Å²) in [7, 11) is 1.68. The van der Waals surface area contributed by atoms with Crippen molar-refractivity contribution in [2.45, 2.75) is 37.8 Å². The Kier molecular flexibility index (Phi) is 5.70. The predicted molar refractivity (Wildman–Crippen MR) is 87.0 cm³/mol. The SMILES string of the molecule is COC1CCCC1NC(=O)C(Cc1ccccc1)C(N)=S. The number of carbonyl (C=O) groups is 1. The second-order valence-electron chi connectivity index (χ2n) is 5.46. The molecule has 1 aromatic rings. The fraction of sp³-hybridized carbons (Fsp3) is 0.500. The van der Waals surface area contributed by atoms with E-state index in [0.717, 1.165) is 24.8 Å². The predicted octanol–water partition coefficient (Wildman–Crippen LogP) is 1.82. The van der Waals surface area contributed by atoms with E-state index in [0.29, 0.717) is 6.42 Å². The fourth-order valence-electron chi connectivity index (χ4n) is 2.83. The van der Waals surface area contributed by atoms with E-state index in [-0.39, 0.29) is 23.0 Å².